The molecule has 2 aromatic rings. The minimum absolute atomic E-state index is 0.177. The quantitative estimate of drug-likeness (QED) is 0.557. The topological polar surface area (TPSA) is 135 Å². The fourth-order valence-electron chi connectivity index (χ4n) is 2.67. The van der Waals surface area contributed by atoms with Crippen LogP contribution < -0.4 is 15.2 Å². The number of sulfonamides is 2. The Morgan fingerprint density at radius 3 is 2.19 bits per heavy atom. The fourth-order valence-corrected chi connectivity index (χ4v) is 4.67. The average Bonchev–Trinajstić information content (AvgIpc) is 2.66. The monoisotopic (exact) mass is 479 g/mol. The van der Waals surface area contributed by atoms with Crippen molar-refractivity contribution >= 4 is 26.0 Å². The van der Waals surface area contributed by atoms with Crippen LogP contribution in [0.4, 0.5) is 13.2 Å². The number of alkyl halides is 3. The number of primary sulfonamides is 1. The van der Waals surface area contributed by atoms with Crippen molar-refractivity contribution in [2.45, 2.75) is 41.9 Å². The van der Waals surface area contributed by atoms with Crippen molar-refractivity contribution in [2.24, 2.45) is 5.14 Å². The molecule has 0 saturated carbocycles. The summed E-state index contributed by atoms with van der Waals surface area (Å²) in [4.78, 5) is 11.2. The van der Waals surface area contributed by atoms with Gasteiger partial charge in [0.1, 0.15) is 0 Å². The van der Waals surface area contributed by atoms with Crippen LogP contribution in [0.5, 0.6) is 0 Å². The number of nitrogens with two attached hydrogens (primary N) is 1. The molecule has 2 atom stereocenters. The SMILES string of the molecule is CC(NC(=O)[C@H](C)NS(=O)(=O)c1ccccc1C(F)(F)F)c1cccc(S(N)(=O)=O)c1. The molecule has 0 saturated heterocycles. The number of hydrogen-bond acceptors (Lipinski definition) is 5. The summed E-state index contributed by atoms with van der Waals surface area (Å²) in [6, 6.07) is 6.88. The van der Waals surface area contributed by atoms with Gasteiger partial charge in [-0.2, -0.15) is 17.9 Å². The van der Waals surface area contributed by atoms with E-state index in [4.69, 9.17) is 5.14 Å². The molecule has 2 aromatic carbocycles. The maximum atomic E-state index is 13.1. The molecule has 170 valence electrons. The second kappa shape index (κ2) is 8.94. The number of nitrogens with one attached hydrogen (secondary N) is 2. The summed E-state index contributed by atoms with van der Waals surface area (Å²) < 4.78 is 89.1. The van der Waals surface area contributed by atoms with Crippen LogP contribution in [0.25, 0.3) is 0 Å². The number of hydrogen-bond donors (Lipinski definition) is 3. The second-order valence-corrected chi connectivity index (χ2v) is 9.93. The lowest BCUT2D eigenvalue weighted by molar-refractivity contribution is -0.139. The zero-order chi connectivity index (χ0) is 23.6. The lowest BCUT2D eigenvalue weighted by Gasteiger charge is -2.20. The first-order valence-corrected chi connectivity index (χ1v) is 11.8. The Kier molecular flexibility index (Phi) is 7.15. The lowest BCUT2D eigenvalue weighted by atomic mass is 10.1. The van der Waals surface area contributed by atoms with Crippen LogP contribution in [0.1, 0.15) is 31.0 Å². The standard InChI is InChI=1S/C18H20F3N3O5S2/c1-11(13-6-5-7-14(10-13)30(22,26)27)23-17(25)12(2)24-31(28,29)16-9-4-3-8-15(16)18(19,20)21/h3-12,24H,1-2H3,(H,23,25)(H2,22,26,27)/t11?,12-/m0/s1. The van der Waals surface area contributed by atoms with Crippen molar-refractivity contribution < 1.29 is 34.8 Å². The van der Waals surface area contributed by atoms with Crippen molar-refractivity contribution in [1.82, 2.24) is 10.0 Å². The highest BCUT2D eigenvalue weighted by molar-refractivity contribution is 7.89. The number of amides is 1. The van der Waals surface area contributed by atoms with Crippen molar-refractivity contribution in [1.29, 1.82) is 0 Å². The van der Waals surface area contributed by atoms with E-state index in [1.807, 2.05) is 4.72 Å². The normalized spacial score (nSPS) is 14.6. The van der Waals surface area contributed by atoms with Gasteiger partial charge in [0.2, 0.25) is 26.0 Å². The minimum Gasteiger partial charge on any atom is -0.348 e. The summed E-state index contributed by atoms with van der Waals surface area (Å²) >= 11 is 0. The van der Waals surface area contributed by atoms with Gasteiger partial charge in [0.25, 0.3) is 0 Å². The molecule has 0 aromatic heterocycles. The maximum absolute atomic E-state index is 13.1. The first-order chi connectivity index (χ1) is 14.1. The average molecular weight is 480 g/mol. The van der Waals surface area contributed by atoms with Gasteiger partial charge in [0, 0.05) is 0 Å². The zero-order valence-corrected chi connectivity index (χ0v) is 18.0. The van der Waals surface area contributed by atoms with E-state index in [9.17, 15) is 34.8 Å². The van der Waals surface area contributed by atoms with E-state index in [1.54, 1.807) is 0 Å². The highest BCUT2D eigenvalue weighted by atomic mass is 32.2. The number of rotatable bonds is 7. The van der Waals surface area contributed by atoms with Crippen LogP contribution >= 0.6 is 0 Å². The molecule has 0 aliphatic carbocycles. The lowest BCUT2D eigenvalue weighted by Crippen LogP contribution is -2.45. The van der Waals surface area contributed by atoms with E-state index >= 15 is 0 Å². The summed E-state index contributed by atoms with van der Waals surface area (Å²) in [5, 5.41) is 7.54. The smallest absolute Gasteiger partial charge is 0.348 e. The number of carbonyl (C=O) groups excluding carboxylic acids is 1. The Labute approximate surface area is 177 Å². The largest absolute Gasteiger partial charge is 0.417 e. The Morgan fingerprint density at radius 2 is 1.61 bits per heavy atom. The predicted octanol–water partition coefficient (Wildman–Crippen LogP) is 1.90. The summed E-state index contributed by atoms with van der Waals surface area (Å²) in [6.45, 7) is 2.68. The Hall–Kier alpha value is -2.48. The van der Waals surface area contributed by atoms with Crippen molar-refractivity contribution in [2.75, 3.05) is 0 Å². The van der Waals surface area contributed by atoms with E-state index in [2.05, 4.69) is 5.32 Å². The van der Waals surface area contributed by atoms with Crippen LogP contribution in [-0.2, 0) is 31.0 Å². The third-order valence-corrected chi connectivity index (χ3v) is 6.76. The Morgan fingerprint density at radius 1 is 1.00 bits per heavy atom. The van der Waals surface area contributed by atoms with Gasteiger partial charge in [0.05, 0.1) is 27.4 Å². The van der Waals surface area contributed by atoms with Crippen molar-refractivity contribution in [3.8, 4) is 0 Å². The van der Waals surface area contributed by atoms with Gasteiger partial charge in [-0.1, -0.05) is 24.3 Å². The Bertz CT molecular complexity index is 1180. The van der Waals surface area contributed by atoms with Crippen LogP contribution in [0.15, 0.2) is 58.3 Å². The molecule has 2 rings (SSSR count). The highest BCUT2D eigenvalue weighted by Gasteiger charge is 2.37. The first-order valence-electron chi connectivity index (χ1n) is 8.74. The fraction of sp³-hybridized carbons (Fsp3) is 0.278. The van der Waals surface area contributed by atoms with Gasteiger partial charge in [-0.25, -0.2) is 22.0 Å². The first kappa shape index (κ1) is 24.8. The van der Waals surface area contributed by atoms with E-state index in [0.29, 0.717) is 11.6 Å². The molecule has 8 nitrogen and oxygen atoms in total. The van der Waals surface area contributed by atoms with Gasteiger partial charge in [-0.3, -0.25) is 4.79 Å². The molecule has 0 spiro atoms. The maximum Gasteiger partial charge on any atom is 0.417 e. The van der Waals surface area contributed by atoms with Crippen LogP contribution in [0, 0.1) is 0 Å². The van der Waals surface area contributed by atoms with E-state index in [-0.39, 0.29) is 4.90 Å². The Balaban J connectivity index is 2.18. The number of carbonyl (C=O) groups is 1. The van der Waals surface area contributed by atoms with Gasteiger partial charge in [-0.05, 0) is 43.7 Å². The van der Waals surface area contributed by atoms with Crippen molar-refractivity contribution in [3.05, 3.63) is 59.7 Å². The molecule has 4 N–H and O–H groups in total. The van der Waals surface area contributed by atoms with Gasteiger partial charge < -0.3 is 5.32 Å². The zero-order valence-electron chi connectivity index (χ0n) is 16.3. The third kappa shape index (κ3) is 6.26. The molecule has 0 heterocycles. The van der Waals surface area contributed by atoms with E-state index < -0.39 is 54.7 Å². The van der Waals surface area contributed by atoms with E-state index in [1.165, 1.54) is 31.2 Å². The molecule has 1 amide bonds. The molecule has 0 radical (unpaired) electrons. The molecule has 1 unspecified atom stereocenters. The highest BCUT2D eigenvalue weighted by Crippen LogP contribution is 2.33. The van der Waals surface area contributed by atoms with Crippen LogP contribution in [0.2, 0.25) is 0 Å². The molecule has 31 heavy (non-hydrogen) atoms. The van der Waals surface area contributed by atoms with E-state index in [0.717, 1.165) is 25.1 Å². The van der Waals surface area contributed by atoms with Gasteiger partial charge in [0.15, 0.2) is 0 Å². The number of halogens is 3. The summed E-state index contributed by atoms with van der Waals surface area (Å²) in [5.41, 5.74) is -0.986. The molecule has 0 fully saturated rings. The summed E-state index contributed by atoms with van der Waals surface area (Å²) in [5.74, 6) is -0.832. The van der Waals surface area contributed by atoms with Gasteiger partial charge in [-0.15, -0.1) is 0 Å². The van der Waals surface area contributed by atoms with Crippen LogP contribution in [0.3, 0.4) is 0 Å². The molecule has 0 aliphatic heterocycles. The third-order valence-electron chi connectivity index (χ3n) is 4.25. The predicted molar refractivity (Wildman–Crippen MR) is 106 cm³/mol. The molecular weight excluding hydrogens is 459 g/mol. The molecular formula is C18H20F3N3O5S2. The summed E-state index contributed by atoms with van der Waals surface area (Å²) in [6.07, 6.45) is -4.90. The molecule has 13 heteroatoms. The number of benzene rings is 2. The second-order valence-electron chi connectivity index (χ2n) is 6.68. The van der Waals surface area contributed by atoms with Crippen LogP contribution in [-0.4, -0.2) is 28.8 Å². The molecule has 0 bridgehead atoms. The molecule has 0 aliphatic rings. The van der Waals surface area contributed by atoms with Gasteiger partial charge >= 0.3 is 6.18 Å². The minimum atomic E-state index is -4.90. The summed E-state index contributed by atoms with van der Waals surface area (Å²) in [7, 11) is -8.64. The van der Waals surface area contributed by atoms with Crippen molar-refractivity contribution in [3.63, 3.8) is 0 Å².